The number of fused-ring (bicyclic) bond motifs is 3. The largest absolute Gasteiger partial charge is 0.401 e. The molecule has 2 aliphatic rings. The number of nitrogens with one attached hydrogen (secondary N) is 1. The third-order valence-corrected chi connectivity index (χ3v) is 7.23. The monoisotopic (exact) mass is 483 g/mol. The second-order valence-electron chi connectivity index (χ2n) is 9.45. The molecule has 4 aromatic heterocycles. The zero-order valence-electron chi connectivity index (χ0n) is 19.5. The maximum absolute atomic E-state index is 14.0. The van der Waals surface area contributed by atoms with Crippen molar-refractivity contribution in [3.8, 4) is 22.8 Å². The van der Waals surface area contributed by atoms with Gasteiger partial charge in [-0.15, -0.1) is 10.2 Å². The lowest BCUT2D eigenvalue weighted by molar-refractivity contribution is -0.216. The molecule has 0 unspecified atom stereocenters. The van der Waals surface area contributed by atoms with Crippen LogP contribution in [0.4, 0.5) is 24.9 Å². The minimum Gasteiger partial charge on any atom is -0.340 e. The zero-order chi connectivity index (χ0) is 24.5. The number of nitrogens with zero attached hydrogens (tertiary/aromatic N) is 8. The van der Waals surface area contributed by atoms with Gasteiger partial charge in [0.1, 0.15) is 17.1 Å². The molecule has 0 saturated heterocycles. The average Bonchev–Trinajstić information content (AvgIpc) is 3.47. The summed E-state index contributed by atoms with van der Waals surface area (Å²) in [6, 6.07) is 3.67. The fourth-order valence-electron chi connectivity index (χ4n) is 5.09. The molecule has 1 atom stereocenters. The van der Waals surface area contributed by atoms with Gasteiger partial charge in [0.25, 0.3) is 0 Å². The number of anilines is 2. The fraction of sp³-hybridized carbons (Fsp3) is 0.435. The van der Waals surface area contributed by atoms with Crippen LogP contribution in [0.1, 0.15) is 43.6 Å². The van der Waals surface area contributed by atoms with Gasteiger partial charge in [-0.25, -0.2) is 9.97 Å². The number of alkyl halides is 3. The second-order valence-corrected chi connectivity index (χ2v) is 9.45. The molecule has 1 aliphatic carbocycles. The lowest BCUT2D eigenvalue weighted by Crippen LogP contribution is -2.50. The van der Waals surface area contributed by atoms with E-state index < -0.39 is 11.6 Å². The SMILES string of the molecule is Cc1cnc(Nc2ccnn2C)nc1-c1cc2n(c1)[C@@H](C)Cn1c-2nnc1C1(C(F)(F)F)CCC1. The van der Waals surface area contributed by atoms with Gasteiger partial charge in [-0.2, -0.15) is 18.3 Å². The molecule has 182 valence electrons. The molecule has 1 N–H and O–H groups in total. The van der Waals surface area contributed by atoms with Gasteiger partial charge in [-0.3, -0.25) is 4.68 Å². The van der Waals surface area contributed by atoms with Gasteiger partial charge in [0.2, 0.25) is 5.95 Å². The molecule has 1 aliphatic heterocycles. The van der Waals surface area contributed by atoms with E-state index in [0.717, 1.165) is 28.3 Å². The van der Waals surface area contributed by atoms with Crippen LogP contribution in [0, 0.1) is 6.92 Å². The Bertz CT molecular complexity index is 1420. The van der Waals surface area contributed by atoms with Crippen LogP contribution >= 0.6 is 0 Å². The summed E-state index contributed by atoms with van der Waals surface area (Å²) in [5.41, 5.74) is 1.28. The highest BCUT2D eigenvalue weighted by atomic mass is 19.4. The molecule has 0 amide bonds. The Labute approximate surface area is 199 Å². The van der Waals surface area contributed by atoms with Crippen molar-refractivity contribution >= 4 is 11.8 Å². The van der Waals surface area contributed by atoms with Crippen LogP contribution in [0.3, 0.4) is 0 Å². The van der Waals surface area contributed by atoms with Crippen LogP contribution in [0.25, 0.3) is 22.8 Å². The van der Waals surface area contributed by atoms with Crippen LogP contribution in [-0.4, -0.2) is 45.3 Å². The highest BCUT2D eigenvalue weighted by Gasteiger charge is 2.62. The molecule has 6 rings (SSSR count). The minimum atomic E-state index is -4.35. The summed E-state index contributed by atoms with van der Waals surface area (Å²) in [6.45, 7) is 4.30. The van der Waals surface area contributed by atoms with E-state index in [1.54, 1.807) is 21.6 Å². The van der Waals surface area contributed by atoms with E-state index >= 15 is 0 Å². The van der Waals surface area contributed by atoms with E-state index in [0.29, 0.717) is 24.7 Å². The van der Waals surface area contributed by atoms with Gasteiger partial charge in [0.05, 0.1) is 17.6 Å². The van der Waals surface area contributed by atoms with E-state index in [2.05, 4.69) is 25.6 Å². The summed E-state index contributed by atoms with van der Waals surface area (Å²) < 4.78 is 47.5. The summed E-state index contributed by atoms with van der Waals surface area (Å²) in [7, 11) is 1.82. The summed E-state index contributed by atoms with van der Waals surface area (Å²) in [4.78, 5) is 9.09. The molecule has 0 aromatic carbocycles. The summed E-state index contributed by atoms with van der Waals surface area (Å²) in [5.74, 6) is 1.67. The van der Waals surface area contributed by atoms with Crippen molar-refractivity contribution in [1.82, 2.24) is 39.1 Å². The first-order valence-electron chi connectivity index (χ1n) is 11.5. The van der Waals surface area contributed by atoms with Crippen LogP contribution < -0.4 is 5.32 Å². The van der Waals surface area contributed by atoms with E-state index in [-0.39, 0.29) is 24.7 Å². The van der Waals surface area contributed by atoms with Crippen molar-refractivity contribution in [2.75, 3.05) is 5.32 Å². The van der Waals surface area contributed by atoms with Gasteiger partial charge in [0, 0.05) is 43.7 Å². The summed E-state index contributed by atoms with van der Waals surface area (Å²) in [6.07, 6.45) is 1.70. The van der Waals surface area contributed by atoms with Gasteiger partial charge in [-0.05, 0) is 38.3 Å². The molecular formula is C23H24F3N9. The number of aromatic nitrogens is 8. The maximum atomic E-state index is 14.0. The minimum absolute atomic E-state index is 0.0352. The number of halogens is 3. The predicted octanol–water partition coefficient (Wildman–Crippen LogP) is 4.55. The third-order valence-electron chi connectivity index (χ3n) is 7.23. The van der Waals surface area contributed by atoms with E-state index in [1.165, 1.54) is 0 Å². The standard InChI is InChI=1S/C23H24F3N9/c1-13-10-27-21(29-17-5-8-28-33(17)3)30-18(13)15-9-16-19-31-32-20(22(6-4-7-22)23(24,25)26)35(19)11-14(2)34(16)12-15/h5,8-10,12,14H,4,6-7,11H2,1-3H3,(H,27,29,30)/t14-/m0/s1. The number of hydrogen-bond donors (Lipinski definition) is 1. The second kappa shape index (κ2) is 7.40. The number of hydrogen-bond acceptors (Lipinski definition) is 6. The quantitative estimate of drug-likeness (QED) is 0.458. The van der Waals surface area contributed by atoms with Crippen LogP contribution in [0.15, 0.2) is 30.7 Å². The normalized spacial score (nSPS) is 18.6. The van der Waals surface area contributed by atoms with Crippen molar-refractivity contribution in [1.29, 1.82) is 0 Å². The van der Waals surface area contributed by atoms with Crippen molar-refractivity contribution in [3.63, 3.8) is 0 Å². The molecule has 5 heterocycles. The first-order chi connectivity index (χ1) is 16.7. The van der Waals surface area contributed by atoms with E-state index in [4.69, 9.17) is 4.98 Å². The molecule has 35 heavy (non-hydrogen) atoms. The van der Waals surface area contributed by atoms with E-state index in [1.807, 2.05) is 43.8 Å². The lowest BCUT2D eigenvalue weighted by Gasteiger charge is -2.42. The van der Waals surface area contributed by atoms with Crippen LogP contribution in [-0.2, 0) is 19.0 Å². The molecule has 0 radical (unpaired) electrons. The van der Waals surface area contributed by atoms with Crippen molar-refractivity contribution in [2.45, 2.75) is 57.3 Å². The Balaban J connectivity index is 1.41. The summed E-state index contributed by atoms with van der Waals surface area (Å²) >= 11 is 0. The van der Waals surface area contributed by atoms with Gasteiger partial charge in [0.15, 0.2) is 5.82 Å². The molecule has 4 aromatic rings. The molecular weight excluding hydrogens is 459 g/mol. The Morgan fingerprint density at radius 2 is 2.00 bits per heavy atom. The first kappa shape index (κ1) is 21.8. The molecule has 1 saturated carbocycles. The molecule has 0 bridgehead atoms. The Morgan fingerprint density at radius 1 is 1.20 bits per heavy atom. The van der Waals surface area contributed by atoms with Crippen molar-refractivity contribution < 1.29 is 13.2 Å². The highest BCUT2D eigenvalue weighted by molar-refractivity contribution is 5.71. The Kier molecular flexibility index (Phi) is 4.61. The zero-order valence-corrected chi connectivity index (χ0v) is 19.5. The highest BCUT2D eigenvalue weighted by Crippen LogP contribution is 2.54. The smallest absolute Gasteiger partial charge is 0.340 e. The average molecular weight is 484 g/mol. The first-order valence-corrected chi connectivity index (χ1v) is 11.5. The van der Waals surface area contributed by atoms with Gasteiger partial charge in [-0.1, -0.05) is 6.42 Å². The predicted molar refractivity (Wildman–Crippen MR) is 122 cm³/mol. The topological polar surface area (TPSA) is 91.3 Å². The number of rotatable bonds is 4. The molecule has 9 nitrogen and oxygen atoms in total. The molecule has 0 spiro atoms. The lowest BCUT2D eigenvalue weighted by atomic mass is 9.67. The van der Waals surface area contributed by atoms with Crippen LogP contribution in [0.5, 0.6) is 0 Å². The fourth-order valence-corrected chi connectivity index (χ4v) is 5.09. The van der Waals surface area contributed by atoms with E-state index in [9.17, 15) is 13.2 Å². The number of aryl methyl sites for hydroxylation is 2. The third kappa shape index (κ3) is 3.18. The Hall–Kier alpha value is -3.70. The van der Waals surface area contributed by atoms with Crippen LogP contribution in [0.2, 0.25) is 0 Å². The summed E-state index contributed by atoms with van der Waals surface area (Å²) in [5, 5.41) is 15.6. The maximum Gasteiger partial charge on any atom is 0.401 e. The van der Waals surface area contributed by atoms with Crippen molar-refractivity contribution in [2.24, 2.45) is 7.05 Å². The molecule has 1 fully saturated rings. The molecule has 12 heteroatoms. The Morgan fingerprint density at radius 3 is 2.66 bits per heavy atom. The van der Waals surface area contributed by atoms with Crippen molar-refractivity contribution in [3.05, 3.63) is 42.1 Å². The van der Waals surface area contributed by atoms with Gasteiger partial charge >= 0.3 is 6.18 Å². The van der Waals surface area contributed by atoms with Gasteiger partial charge < -0.3 is 14.5 Å².